The maximum absolute atomic E-state index is 14.1. The molecule has 1 aliphatic rings. The van der Waals surface area contributed by atoms with Gasteiger partial charge < -0.3 is 25.2 Å². The summed E-state index contributed by atoms with van der Waals surface area (Å²) in [5.41, 5.74) is -4.46. The molecule has 4 N–H and O–H groups in total. The zero-order valence-electron chi connectivity index (χ0n) is 21.5. The van der Waals surface area contributed by atoms with Gasteiger partial charge in [-0.05, 0) is 44.5 Å². The van der Waals surface area contributed by atoms with Gasteiger partial charge in [0, 0.05) is 11.1 Å². The van der Waals surface area contributed by atoms with Crippen LogP contribution < -0.4 is 0 Å². The van der Waals surface area contributed by atoms with Crippen molar-refractivity contribution in [3.05, 3.63) is 70.9 Å². The molecule has 218 valence electrons. The zero-order valence-corrected chi connectivity index (χ0v) is 22.4. The molecule has 1 fully saturated rings. The minimum Gasteiger partial charge on any atom is -0.394 e. The average Bonchev–Trinajstić information content (AvgIpc) is 3.35. The fraction of sp³-hybridized carbons (Fsp3) is 0.462. The maximum atomic E-state index is 14.1. The number of halogens is 5. The quantitative estimate of drug-likeness (QED) is 0.308. The summed E-state index contributed by atoms with van der Waals surface area (Å²) in [4.78, 5) is 0. The van der Waals surface area contributed by atoms with Crippen LogP contribution in [0.2, 0.25) is 0 Å². The van der Waals surface area contributed by atoms with Gasteiger partial charge in [-0.3, -0.25) is 0 Å². The zero-order chi connectivity index (χ0) is 29.6. The van der Waals surface area contributed by atoms with Crippen LogP contribution in [0.5, 0.6) is 0 Å². The van der Waals surface area contributed by atoms with Crippen molar-refractivity contribution in [3.63, 3.8) is 0 Å². The summed E-state index contributed by atoms with van der Waals surface area (Å²) in [6.45, 7) is 3.17. The number of aliphatic hydroxyl groups excluding tert-OH is 3. The number of ether oxygens (including phenoxy) is 1. The smallest absolute Gasteiger partial charge is 0.394 e. The fourth-order valence-corrected chi connectivity index (χ4v) is 6.06. The Bertz CT molecular complexity index is 1330. The van der Waals surface area contributed by atoms with Crippen LogP contribution in [0, 0.1) is 18.6 Å². The predicted octanol–water partition coefficient (Wildman–Crippen LogP) is 3.78. The number of aliphatic hydroxyl groups is 4. The Morgan fingerprint density at radius 1 is 1.07 bits per heavy atom. The molecule has 0 amide bonds. The second-order valence-corrected chi connectivity index (χ2v) is 11.3. The molecule has 14 heteroatoms. The highest BCUT2D eigenvalue weighted by Crippen LogP contribution is 2.49. The van der Waals surface area contributed by atoms with E-state index in [-0.39, 0.29) is 22.4 Å². The molecule has 6 atom stereocenters. The molecule has 1 saturated heterocycles. The third kappa shape index (κ3) is 6.02. The summed E-state index contributed by atoms with van der Waals surface area (Å²) in [5, 5.41) is 49.4. The normalized spacial score (nSPS) is 24.8. The van der Waals surface area contributed by atoms with E-state index in [0.717, 1.165) is 22.9 Å². The summed E-state index contributed by atoms with van der Waals surface area (Å²) in [7, 11) is 0. The van der Waals surface area contributed by atoms with Gasteiger partial charge in [0.2, 0.25) is 0 Å². The number of aromatic nitrogens is 3. The molecule has 3 aromatic rings. The van der Waals surface area contributed by atoms with Crippen LogP contribution in [0.3, 0.4) is 0 Å². The van der Waals surface area contributed by atoms with Crippen molar-refractivity contribution in [2.45, 2.75) is 67.6 Å². The molecule has 0 bridgehead atoms. The van der Waals surface area contributed by atoms with E-state index >= 15 is 0 Å². The van der Waals surface area contributed by atoms with E-state index in [2.05, 4.69) is 10.3 Å². The SMILES string of the molecule is Cc1c(F)cc(-c2cn([C@H]3[C@@H](O)[C@@H](CO)O[C@@H](S[C@H](c4ccccc4C(F)(F)F)C(C)(C)O)[C@@H]3O)nn2)cc1F. The lowest BCUT2D eigenvalue weighted by atomic mass is 9.94. The van der Waals surface area contributed by atoms with Crippen molar-refractivity contribution < 1.29 is 47.1 Å². The van der Waals surface area contributed by atoms with Crippen molar-refractivity contribution >= 4 is 11.8 Å². The van der Waals surface area contributed by atoms with E-state index < -0.39 is 70.6 Å². The maximum Gasteiger partial charge on any atom is 0.416 e. The molecule has 1 aliphatic heterocycles. The number of hydrogen-bond donors (Lipinski definition) is 4. The summed E-state index contributed by atoms with van der Waals surface area (Å²) >= 11 is 0.687. The molecule has 40 heavy (non-hydrogen) atoms. The molecule has 1 aromatic heterocycles. The van der Waals surface area contributed by atoms with E-state index in [0.29, 0.717) is 11.8 Å². The van der Waals surface area contributed by atoms with E-state index in [1.807, 2.05) is 0 Å². The van der Waals surface area contributed by atoms with Crippen molar-refractivity contribution in [2.75, 3.05) is 6.61 Å². The summed E-state index contributed by atoms with van der Waals surface area (Å²) in [6.07, 6.45) is -7.99. The average molecular weight is 590 g/mol. The van der Waals surface area contributed by atoms with Crippen LogP contribution in [0.25, 0.3) is 11.3 Å². The number of alkyl halides is 3. The Hall–Kier alpha value is -2.62. The van der Waals surface area contributed by atoms with Gasteiger partial charge in [-0.25, -0.2) is 13.5 Å². The number of rotatable bonds is 7. The topological polar surface area (TPSA) is 121 Å². The molecular weight excluding hydrogens is 561 g/mol. The molecule has 0 saturated carbocycles. The molecular formula is C26H28F5N3O5S. The van der Waals surface area contributed by atoms with Crippen LogP contribution in [0.1, 0.15) is 41.8 Å². The van der Waals surface area contributed by atoms with E-state index in [1.165, 1.54) is 45.2 Å². The first kappa shape index (κ1) is 30.3. The van der Waals surface area contributed by atoms with E-state index in [4.69, 9.17) is 4.74 Å². The number of thioether (sulfide) groups is 1. The van der Waals surface area contributed by atoms with Crippen molar-refractivity contribution in [2.24, 2.45) is 0 Å². The van der Waals surface area contributed by atoms with Gasteiger partial charge in [0.15, 0.2) is 0 Å². The van der Waals surface area contributed by atoms with Crippen LogP contribution in [-0.2, 0) is 10.9 Å². The third-order valence-corrected chi connectivity index (χ3v) is 8.46. The Balaban J connectivity index is 1.70. The van der Waals surface area contributed by atoms with Gasteiger partial charge >= 0.3 is 6.18 Å². The molecule has 0 spiro atoms. The van der Waals surface area contributed by atoms with Crippen LogP contribution in [-0.4, -0.2) is 71.4 Å². The molecule has 0 aliphatic carbocycles. The first-order chi connectivity index (χ1) is 18.6. The number of hydrogen-bond acceptors (Lipinski definition) is 8. The fourth-order valence-electron chi connectivity index (χ4n) is 4.58. The standard InChI is InChI=1S/C26H28F5N3O5S/c1-12-16(27)8-13(9-17(12)28)18-10-34(33-32-18)20-21(36)19(11-35)39-24(22(20)37)40-23(25(2,3)38)14-6-4-5-7-15(14)26(29,30)31/h4-10,19-24,35-38H,11H2,1-3H3/t19-,20+,21+,22-,23-,24+/m1/s1. The molecule has 2 aromatic carbocycles. The van der Waals surface area contributed by atoms with Crippen molar-refractivity contribution in [3.8, 4) is 11.3 Å². The Labute approximate surface area is 230 Å². The Morgan fingerprint density at radius 3 is 2.27 bits per heavy atom. The highest BCUT2D eigenvalue weighted by Gasteiger charge is 2.49. The number of nitrogens with zero attached hydrogens (tertiary/aromatic N) is 3. The summed E-state index contributed by atoms with van der Waals surface area (Å²) < 4.78 is 76.4. The van der Waals surface area contributed by atoms with Gasteiger partial charge in [-0.2, -0.15) is 13.2 Å². The molecule has 0 radical (unpaired) electrons. The second-order valence-electron chi connectivity index (χ2n) is 10.1. The van der Waals surface area contributed by atoms with E-state index in [9.17, 15) is 42.4 Å². The van der Waals surface area contributed by atoms with Gasteiger partial charge in [0.25, 0.3) is 0 Å². The first-order valence-corrected chi connectivity index (χ1v) is 13.1. The second kappa shape index (κ2) is 11.3. The van der Waals surface area contributed by atoms with Gasteiger partial charge in [0.1, 0.15) is 47.1 Å². The highest BCUT2D eigenvalue weighted by molar-refractivity contribution is 8.00. The van der Waals surface area contributed by atoms with Crippen molar-refractivity contribution in [1.82, 2.24) is 15.0 Å². The molecule has 8 nitrogen and oxygen atoms in total. The monoisotopic (exact) mass is 589 g/mol. The van der Waals surface area contributed by atoms with Crippen LogP contribution in [0.15, 0.2) is 42.6 Å². The van der Waals surface area contributed by atoms with Gasteiger partial charge in [-0.1, -0.05) is 23.4 Å². The highest BCUT2D eigenvalue weighted by atomic mass is 32.2. The largest absolute Gasteiger partial charge is 0.416 e. The lowest BCUT2D eigenvalue weighted by molar-refractivity contribution is -0.179. The van der Waals surface area contributed by atoms with E-state index in [1.54, 1.807) is 0 Å². The van der Waals surface area contributed by atoms with Crippen LogP contribution in [0.4, 0.5) is 22.0 Å². The minimum atomic E-state index is -4.73. The number of benzene rings is 2. The van der Waals surface area contributed by atoms with Crippen LogP contribution >= 0.6 is 11.8 Å². The van der Waals surface area contributed by atoms with Gasteiger partial charge in [0.05, 0.1) is 29.2 Å². The molecule has 2 heterocycles. The minimum absolute atomic E-state index is 0.0157. The summed E-state index contributed by atoms with van der Waals surface area (Å²) in [6, 6.07) is 5.46. The molecule has 4 rings (SSSR count). The Kier molecular flexibility index (Phi) is 8.60. The predicted molar refractivity (Wildman–Crippen MR) is 135 cm³/mol. The first-order valence-electron chi connectivity index (χ1n) is 12.2. The lowest BCUT2D eigenvalue weighted by Gasteiger charge is -2.44. The third-order valence-electron chi connectivity index (χ3n) is 6.70. The van der Waals surface area contributed by atoms with Gasteiger partial charge in [-0.15, -0.1) is 16.9 Å². The Morgan fingerprint density at radius 2 is 1.70 bits per heavy atom. The molecule has 0 unspecified atom stereocenters. The lowest BCUT2D eigenvalue weighted by Crippen LogP contribution is -2.55. The summed E-state index contributed by atoms with van der Waals surface area (Å²) in [5.74, 6) is -1.63. The van der Waals surface area contributed by atoms with Crippen molar-refractivity contribution in [1.29, 1.82) is 0 Å².